The van der Waals surface area contributed by atoms with Gasteiger partial charge in [-0.1, -0.05) is 69.2 Å². The second kappa shape index (κ2) is 16.6. The SMILES string of the molecule is CN(CCCC(C)(C)C)CCCC(C)(C)CCC(C)(C)CCCNCCNCCCC(C)(C)C. The molecule has 0 heterocycles. The van der Waals surface area contributed by atoms with Crippen LogP contribution in [-0.2, 0) is 0 Å². The number of nitrogens with zero attached hydrogens (tertiary/aromatic N) is 1. The van der Waals surface area contributed by atoms with Gasteiger partial charge in [0.2, 0.25) is 0 Å². The van der Waals surface area contributed by atoms with Crippen molar-refractivity contribution in [2.45, 2.75) is 133 Å². The van der Waals surface area contributed by atoms with Gasteiger partial charge in [-0.3, -0.25) is 0 Å². The molecule has 0 bridgehead atoms. The first-order valence-corrected chi connectivity index (χ1v) is 14.6. The van der Waals surface area contributed by atoms with E-state index in [1.165, 1.54) is 77.3 Å². The van der Waals surface area contributed by atoms with Crippen LogP contribution in [0, 0.1) is 21.7 Å². The molecule has 0 saturated carbocycles. The molecule has 2 N–H and O–H groups in total. The molecule has 0 aliphatic heterocycles. The van der Waals surface area contributed by atoms with E-state index < -0.39 is 0 Å². The van der Waals surface area contributed by atoms with E-state index in [2.05, 4.69) is 91.8 Å². The topological polar surface area (TPSA) is 27.3 Å². The van der Waals surface area contributed by atoms with E-state index >= 15 is 0 Å². The van der Waals surface area contributed by atoms with Crippen LogP contribution in [0.2, 0.25) is 0 Å². The van der Waals surface area contributed by atoms with Crippen molar-refractivity contribution in [3.63, 3.8) is 0 Å². The minimum Gasteiger partial charge on any atom is -0.315 e. The molecule has 0 atom stereocenters. The molecule has 3 nitrogen and oxygen atoms in total. The molecule has 0 aliphatic rings. The molecule has 3 heteroatoms. The maximum absolute atomic E-state index is 3.63. The van der Waals surface area contributed by atoms with Crippen molar-refractivity contribution in [2.24, 2.45) is 21.7 Å². The van der Waals surface area contributed by atoms with Gasteiger partial charge >= 0.3 is 0 Å². The summed E-state index contributed by atoms with van der Waals surface area (Å²) < 4.78 is 0. The van der Waals surface area contributed by atoms with E-state index in [1.807, 2.05) is 0 Å². The highest BCUT2D eigenvalue weighted by molar-refractivity contribution is 4.76. The zero-order valence-corrected chi connectivity index (χ0v) is 25.8. The van der Waals surface area contributed by atoms with Crippen LogP contribution >= 0.6 is 0 Å². The van der Waals surface area contributed by atoms with Crippen LogP contribution < -0.4 is 10.6 Å². The average molecular weight is 482 g/mol. The van der Waals surface area contributed by atoms with Crippen LogP contribution in [0.5, 0.6) is 0 Å². The van der Waals surface area contributed by atoms with Gasteiger partial charge < -0.3 is 15.5 Å². The third-order valence-corrected chi connectivity index (χ3v) is 7.30. The average Bonchev–Trinajstić information content (AvgIpc) is 2.66. The van der Waals surface area contributed by atoms with Crippen molar-refractivity contribution in [1.82, 2.24) is 15.5 Å². The van der Waals surface area contributed by atoms with E-state index in [-0.39, 0.29) is 0 Å². The van der Waals surface area contributed by atoms with Crippen molar-refractivity contribution in [1.29, 1.82) is 0 Å². The first-order chi connectivity index (χ1) is 15.5. The summed E-state index contributed by atoms with van der Waals surface area (Å²) in [5.74, 6) is 0. The molecule has 0 aromatic heterocycles. The Morgan fingerprint density at radius 3 is 1.24 bits per heavy atom. The van der Waals surface area contributed by atoms with Crippen LogP contribution in [0.3, 0.4) is 0 Å². The second-order valence-electron chi connectivity index (χ2n) is 15.2. The molecule has 0 aliphatic carbocycles. The van der Waals surface area contributed by atoms with Crippen LogP contribution in [0.1, 0.15) is 133 Å². The van der Waals surface area contributed by atoms with E-state index in [0.29, 0.717) is 21.7 Å². The monoisotopic (exact) mass is 482 g/mol. The molecule has 0 rings (SSSR count). The molecule has 0 spiro atoms. The smallest absolute Gasteiger partial charge is 0.00767 e. The minimum atomic E-state index is 0.452. The van der Waals surface area contributed by atoms with E-state index in [1.54, 1.807) is 0 Å². The molecule has 0 saturated heterocycles. The van der Waals surface area contributed by atoms with Crippen molar-refractivity contribution >= 4 is 0 Å². The predicted octanol–water partition coefficient (Wildman–Crippen LogP) is 8.14. The third kappa shape index (κ3) is 23.6. The van der Waals surface area contributed by atoms with Crippen LogP contribution in [0.4, 0.5) is 0 Å². The fourth-order valence-corrected chi connectivity index (χ4v) is 4.61. The fraction of sp³-hybridized carbons (Fsp3) is 1.00. The van der Waals surface area contributed by atoms with Crippen molar-refractivity contribution < 1.29 is 0 Å². The summed E-state index contributed by atoms with van der Waals surface area (Å²) in [5.41, 5.74) is 1.84. The summed E-state index contributed by atoms with van der Waals surface area (Å²) >= 11 is 0. The fourth-order valence-electron chi connectivity index (χ4n) is 4.61. The predicted molar refractivity (Wildman–Crippen MR) is 156 cm³/mol. The number of hydrogen-bond donors (Lipinski definition) is 2. The molecule has 0 amide bonds. The highest BCUT2D eigenvalue weighted by Gasteiger charge is 2.24. The quantitative estimate of drug-likeness (QED) is 0.172. The zero-order chi connectivity index (χ0) is 26.3. The lowest BCUT2D eigenvalue weighted by Crippen LogP contribution is -2.29. The molecule has 0 unspecified atom stereocenters. The van der Waals surface area contributed by atoms with Gasteiger partial charge in [-0.25, -0.2) is 0 Å². The Morgan fingerprint density at radius 1 is 0.441 bits per heavy atom. The van der Waals surface area contributed by atoms with Crippen LogP contribution in [0.25, 0.3) is 0 Å². The van der Waals surface area contributed by atoms with Gasteiger partial charge in [0.25, 0.3) is 0 Å². The van der Waals surface area contributed by atoms with Crippen molar-refractivity contribution in [3.8, 4) is 0 Å². The van der Waals surface area contributed by atoms with Gasteiger partial charge in [-0.2, -0.15) is 0 Å². The summed E-state index contributed by atoms with van der Waals surface area (Å²) in [6.07, 6.45) is 13.2. The summed E-state index contributed by atoms with van der Waals surface area (Å²) in [5, 5.41) is 7.21. The van der Waals surface area contributed by atoms with Crippen LogP contribution in [0.15, 0.2) is 0 Å². The number of nitrogens with one attached hydrogen (secondary N) is 2. The number of rotatable bonds is 20. The zero-order valence-electron chi connectivity index (χ0n) is 25.8. The Hall–Kier alpha value is -0.120. The van der Waals surface area contributed by atoms with Gasteiger partial charge in [-0.05, 0) is 119 Å². The van der Waals surface area contributed by atoms with E-state index in [9.17, 15) is 0 Å². The Balaban J connectivity index is 3.83. The van der Waals surface area contributed by atoms with E-state index in [4.69, 9.17) is 0 Å². The Morgan fingerprint density at radius 2 is 0.794 bits per heavy atom. The van der Waals surface area contributed by atoms with Gasteiger partial charge in [-0.15, -0.1) is 0 Å². The lowest BCUT2D eigenvalue weighted by molar-refractivity contribution is 0.200. The molecular formula is C31H67N3. The summed E-state index contributed by atoms with van der Waals surface area (Å²) in [6, 6.07) is 0. The number of hydrogen-bond acceptors (Lipinski definition) is 3. The molecule has 34 heavy (non-hydrogen) atoms. The molecule has 0 radical (unpaired) electrons. The van der Waals surface area contributed by atoms with Gasteiger partial charge in [0, 0.05) is 13.1 Å². The molecular weight excluding hydrogens is 414 g/mol. The van der Waals surface area contributed by atoms with Gasteiger partial charge in [0.15, 0.2) is 0 Å². The standard InChI is InChI=1S/C31H67N3/c1-28(2,3)16-12-22-32-24-25-33-23-13-18-30(7,8)20-21-31(9,10)19-15-27-34(11)26-14-17-29(4,5)6/h32-33H,12-27H2,1-11H3. The maximum atomic E-state index is 3.63. The van der Waals surface area contributed by atoms with E-state index in [0.717, 1.165) is 26.2 Å². The summed E-state index contributed by atoms with van der Waals surface area (Å²) in [6.45, 7) is 30.9. The minimum absolute atomic E-state index is 0.452. The lowest BCUT2D eigenvalue weighted by Gasteiger charge is -2.32. The first kappa shape index (κ1) is 33.9. The lowest BCUT2D eigenvalue weighted by atomic mass is 9.75. The van der Waals surface area contributed by atoms with Crippen molar-refractivity contribution in [2.75, 3.05) is 46.3 Å². The summed E-state index contributed by atoms with van der Waals surface area (Å²) in [7, 11) is 2.30. The Bertz CT molecular complexity index is 482. The Labute approximate surface area is 217 Å². The molecule has 0 aromatic rings. The third-order valence-electron chi connectivity index (χ3n) is 7.30. The Kier molecular flexibility index (Phi) is 16.5. The normalized spacial score (nSPS) is 13.8. The van der Waals surface area contributed by atoms with Gasteiger partial charge in [0.05, 0.1) is 0 Å². The van der Waals surface area contributed by atoms with Crippen molar-refractivity contribution in [3.05, 3.63) is 0 Å². The summed E-state index contributed by atoms with van der Waals surface area (Å²) in [4.78, 5) is 2.54. The highest BCUT2D eigenvalue weighted by Crippen LogP contribution is 2.36. The van der Waals surface area contributed by atoms with Crippen LogP contribution in [-0.4, -0.2) is 51.2 Å². The first-order valence-electron chi connectivity index (χ1n) is 14.6. The molecule has 0 aromatic carbocycles. The maximum Gasteiger partial charge on any atom is 0.00767 e. The molecule has 206 valence electrons. The largest absolute Gasteiger partial charge is 0.315 e. The molecule has 0 fully saturated rings. The second-order valence-corrected chi connectivity index (χ2v) is 15.2. The highest BCUT2D eigenvalue weighted by atomic mass is 15.1. The van der Waals surface area contributed by atoms with Gasteiger partial charge in [0.1, 0.15) is 0 Å².